The van der Waals surface area contributed by atoms with Gasteiger partial charge in [0.15, 0.2) is 17.2 Å². The highest BCUT2D eigenvalue weighted by molar-refractivity contribution is 6.00. The molecule has 0 unspecified atom stereocenters. The van der Waals surface area contributed by atoms with E-state index in [2.05, 4.69) is 35.3 Å². The van der Waals surface area contributed by atoms with Crippen LogP contribution in [-0.2, 0) is 13.0 Å². The minimum atomic E-state index is -1.32. The average molecular weight is 703 g/mol. The Bertz CT molecular complexity index is 2420. The first kappa shape index (κ1) is 34.7. The van der Waals surface area contributed by atoms with Crippen LogP contribution in [0.25, 0.3) is 17.0 Å². The highest BCUT2D eigenvalue weighted by Gasteiger charge is 2.27. The lowest BCUT2D eigenvalue weighted by atomic mass is 10.0. The Morgan fingerprint density at radius 3 is 2.52 bits per heavy atom. The van der Waals surface area contributed by atoms with Gasteiger partial charge < -0.3 is 32.9 Å². The number of carbonyl (C=O) groups excluding carboxylic acids is 2. The summed E-state index contributed by atoms with van der Waals surface area (Å²) in [5, 5.41) is 18.9. The number of aryl methyl sites for hydroxylation is 1. The number of benzene rings is 2. The number of nitrogens with zero attached hydrogens (tertiary/aromatic N) is 4. The largest absolute Gasteiger partial charge is 0.477 e. The molecule has 0 radical (unpaired) electrons. The van der Waals surface area contributed by atoms with Crippen molar-refractivity contribution in [2.75, 3.05) is 11.1 Å². The van der Waals surface area contributed by atoms with Crippen LogP contribution in [0.1, 0.15) is 60.6 Å². The molecular formula is C31H27ClN10O8. The number of carbonyl (C=O) groups is 3. The molecule has 18 nitrogen and oxygen atoms in total. The molecule has 0 aliphatic heterocycles. The van der Waals surface area contributed by atoms with Crippen LogP contribution < -0.4 is 44.4 Å². The maximum absolute atomic E-state index is 12.9. The lowest BCUT2D eigenvalue weighted by molar-refractivity contribution is 0.0688. The van der Waals surface area contributed by atoms with E-state index >= 15 is 0 Å². The lowest BCUT2D eigenvalue weighted by Gasteiger charge is -2.14. The number of amides is 2. The van der Waals surface area contributed by atoms with Crippen molar-refractivity contribution in [2.24, 2.45) is 11.5 Å². The second-order valence-corrected chi connectivity index (χ2v) is 10.9. The molecule has 7 rings (SSSR count). The van der Waals surface area contributed by atoms with Crippen molar-refractivity contribution in [1.82, 2.24) is 29.8 Å². The molecule has 19 heteroatoms. The maximum atomic E-state index is 12.9. The van der Waals surface area contributed by atoms with Gasteiger partial charge in [-0.3, -0.25) is 33.1 Å². The molecule has 256 valence electrons. The van der Waals surface area contributed by atoms with Crippen molar-refractivity contribution in [3.63, 3.8) is 0 Å². The second-order valence-electron chi connectivity index (χ2n) is 10.9. The molecule has 50 heavy (non-hydrogen) atoms. The van der Waals surface area contributed by atoms with Crippen LogP contribution in [0.4, 0.5) is 17.1 Å². The Labute approximate surface area is 285 Å². The van der Waals surface area contributed by atoms with Crippen LogP contribution >= 0.6 is 12.4 Å². The summed E-state index contributed by atoms with van der Waals surface area (Å²) in [4.78, 5) is 79.9. The van der Waals surface area contributed by atoms with Crippen LogP contribution in [0, 0.1) is 0 Å². The maximum Gasteiger partial charge on any atom is 0.439 e. The van der Waals surface area contributed by atoms with Gasteiger partial charge in [0.1, 0.15) is 29.1 Å². The number of H-pyrrole nitrogens is 1. The number of nitrogens with two attached hydrogens (primary N) is 3. The van der Waals surface area contributed by atoms with Gasteiger partial charge in [-0.25, -0.2) is 19.6 Å². The van der Waals surface area contributed by atoms with E-state index in [1.54, 1.807) is 18.2 Å². The number of carboxylic acid groups (broad SMARTS) is 1. The molecule has 0 saturated heterocycles. The highest BCUT2D eigenvalue weighted by Crippen LogP contribution is 2.33. The Kier molecular flexibility index (Phi) is 9.59. The van der Waals surface area contributed by atoms with E-state index in [0.717, 1.165) is 33.5 Å². The number of rotatable bonds is 8. The lowest BCUT2D eigenvalue weighted by Crippen LogP contribution is -2.36. The zero-order valence-electron chi connectivity index (χ0n) is 25.6. The van der Waals surface area contributed by atoms with Crippen LogP contribution in [0.2, 0.25) is 0 Å². The minimum absolute atomic E-state index is 0. The first-order valence-electron chi connectivity index (χ1n) is 14.5. The molecule has 6 aromatic rings. The van der Waals surface area contributed by atoms with Gasteiger partial charge in [0.25, 0.3) is 22.7 Å². The van der Waals surface area contributed by atoms with Crippen molar-refractivity contribution in [3.8, 4) is 11.4 Å². The van der Waals surface area contributed by atoms with Gasteiger partial charge in [0.2, 0.25) is 0 Å². The third kappa shape index (κ3) is 6.55. The van der Waals surface area contributed by atoms with E-state index in [-0.39, 0.29) is 52.6 Å². The molecule has 0 fully saturated rings. The summed E-state index contributed by atoms with van der Waals surface area (Å²) in [7, 11) is 0. The fourth-order valence-electron chi connectivity index (χ4n) is 5.38. The van der Waals surface area contributed by atoms with E-state index < -0.39 is 34.4 Å². The monoisotopic (exact) mass is 702 g/mol. The summed E-state index contributed by atoms with van der Waals surface area (Å²) < 4.78 is 5.62. The predicted octanol–water partition coefficient (Wildman–Crippen LogP) is 0.776. The fraction of sp³-hybridized carbons (Fsp3) is 0.129. The van der Waals surface area contributed by atoms with E-state index in [1.807, 2.05) is 24.3 Å². The summed E-state index contributed by atoms with van der Waals surface area (Å²) in [5.41, 5.74) is 18.4. The molecule has 3 heterocycles. The third-order valence-corrected chi connectivity index (χ3v) is 7.81. The molecule has 2 amide bonds. The Morgan fingerprint density at radius 2 is 1.86 bits per heavy atom. The Balaban J connectivity index is 0.000000241. The highest BCUT2D eigenvalue weighted by atomic mass is 35.5. The van der Waals surface area contributed by atoms with Gasteiger partial charge in [0, 0.05) is 23.9 Å². The number of primary amides is 1. The van der Waals surface area contributed by atoms with E-state index in [9.17, 15) is 33.9 Å². The quantitative estimate of drug-likeness (QED) is 0.108. The smallest absolute Gasteiger partial charge is 0.439 e. The second kappa shape index (κ2) is 13.8. The summed E-state index contributed by atoms with van der Waals surface area (Å²) in [6, 6.07) is 13.4. The SMILES string of the molecule is Cl.NC(=O)c1ncn2c(C(=O)O)cc(C(=O)N[C@H]3CCc4cc(-c5noc(=O)[nH]5)ccc43)nc12.NCc1cccc(Nc2c(N)c(=O)c2=O)c1. The van der Waals surface area contributed by atoms with Gasteiger partial charge in [-0.2, -0.15) is 0 Å². The Hall–Kier alpha value is -6.66. The summed E-state index contributed by atoms with van der Waals surface area (Å²) in [5.74, 6) is -3.18. The van der Waals surface area contributed by atoms with Crippen molar-refractivity contribution in [1.29, 1.82) is 0 Å². The summed E-state index contributed by atoms with van der Waals surface area (Å²) in [6.45, 7) is 0.414. The number of fused-ring (bicyclic) bond motifs is 2. The average Bonchev–Trinajstić information content (AvgIpc) is 3.84. The number of aromatic carboxylic acids is 1. The van der Waals surface area contributed by atoms with Crippen LogP contribution in [0.3, 0.4) is 0 Å². The summed E-state index contributed by atoms with van der Waals surface area (Å²) >= 11 is 0. The number of aromatic amines is 1. The number of imidazole rings is 1. The van der Waals surface area contributed by atoms with Gasteiger partial charge in [-0.05, 0) is 47.7 Å². The molecule has 1 atom stereocenters. The predicted molar refractivity (Wildman–Crippen MR) is 180 cm³/mol. The van der Waals surface area contributed by atoms with Gasteiger partial charge in [-0.1, -0.05) is 29.4 Å². The molecule has 0 spiro atoms. The number of hydrogen-bond donors (Lipinski definition) is 7. The number of hydrogen-bond acceptors (Lipinski definition) is 13. The molecule has 3 aromatic heterocycles. The number of nitrogen functional groups attached to an aromatic ring is 1. The minimum Gasteiger partial charge on any atom is -0.477 e. The van der Waals surface area contributed by atoms with Crippen LogP contribution in [-0.4, -0.2) is 47.4 Å². The molecule has 0 bridgehead atoms. The van der Waals surface area contributed by atoms with Crippen molar-refractivity contribution < 1.29 is 24.0 Å². The Morgan fingerprint density at radius 1 is 1.08 bits per heavy atom. The molecule has 1 aliphatic carbocycles. The standard InChI is InChI=1S/C20H15N7O6.C11H11N3O2.ClH/c21-15(28)14-17-23-12(6-13(19(30)31)27(17)7-22-14)18(29)24-11-4-2-8-5-9(1-3-10(8)11)16-25-20(32)33-26-16;12-5-6-2-1-3-7(4-6)14-9-8(13)10(15)11(9)16;/h1,3,5-7,11H,2,4H2,(H2,21,28)(H,24,29)(H,30,31)(H,25,26,32);1-4,14H,5,12-13H2;1H/t11-;;/m0../s1. The number of carboxylic acids is 1. The number of anilines is 3. The number of halogens is 1. The van der Waals surface area contributed by atoms with Gasteiger partial charge in [0.05, 0.1) is 6.04 Å². The van der Waals surface area contributed by atoms with Crippen LogP contribution in [0.15, 0.2) is 73.8 Å². The van der Waals surface area contributed by atoms with Gasteiger partial charge >= 0.3 is 11.7 Å². The first-order valence-corrected chi connectivity index (χ1v) is 14.5. The van der Waals surface area contributed by atoms with Crippen molar-refractivity contribution >= 4 is 52.9 Å². The first-order chi connectivity index (χ1) is 23.4. The molecular weight excluding hydrogens is 676 g/mol. The van der Waals surface area contributed by atoms with E-state index in [4.69, 9.17) is 17.2 Å². The van der Waals surface area contributed by atoms with E-state index in [0.29, 0.717) is 36.5 Å². The molecule has 1 aliphatic rings. The zero-order valence-corrected chi connectivity index (χ0v) is 26.4. The summed E-state index contributed by atoms with van der Waals surface area (Å²) in [6.07, 6.45) is 2.38. The van der Waals surface area contributed by atoms with Crippen molar-refractivity contribution in [3.05, 3.63) is 120 Å². The number of aromatic nitrogens is 5. The van der Waals surface area contributed by atoms with Gasteiger partial charge in [-0.15, -0.1) is 12.4 Å². The number of nitrogens with one attached hydrogen (secondary N) is 3. The molecule has 3 aromatic carbocycles. The van der Waals surface area contributed by atoms with E-state index in [1.165, 1.54) is 0 Å². The van der Waals surface area contributed by atoms with Crippen molar-refractivity contribution in [2.45, 2.75) is 25.4 Å². The topological polar surface area (TPSA) is 297 Å². The fourth-order valence-corrected chi connectivity index (χ4v) is 5.38. The zero-order chi connectivity index (χ0) is 35.0. The van der Waals surface area contributed by atoms with Crippen LogP contribution in [0.5, 0.6) is 0 Å². The normalized spacial score (nSPS) is 13.2. The molecule has 10 N–H and O–H groups in total. The third-order valence-electron chi connectivity index (χ3n) is 7.81. The molecule has 0 saturated carbocycles.